The van der Waals surface area contributed by atoms with Gasteiger partial charge < -0.3 is 15.0 Å². The van der Waals surface area contributed by atoms with Crippen LogP contribution in [0.2, 0.25) is 0 Å². The van der Waals surface area contributed by atoms with E-state index in [9.17, 15) is 4.79 Å². The van der Waals surface area contributed by atoms with E-state index in [1.54, 1.807) is 24.5 Å². The van der Waals surface area contributed by atoms with Crippen LogP contribution in [0.1, 0.15) is 34.8 Å². The second-order valence-corrected chi connectivity index (χ2v) is 5.44. The average molecular weight is 312 g/mol. The van der Waals surface area contributed by atoms with Crippen LogP contribution in [-0.4, -0.2) is 41.5 Å². The number of nitrogens with one attached hydrogen (secondary N) is 1. The van der Waals surface area contributed by atoms with Gasteiger partial charge in [0.25, 0.3) is 5.91 Å². The van der Waals surface area contributed by atoms with E-state index in [2.05, 4.69) is 15.3 Å². The zero-order chi connectivity index (χ0) is 16.2. The minimum Gasteiger partial charge on any atom is -0.480 e. The first-order valence-corrected chi connectivity index (χ1v) is 7.68. The molecular weight excluding hydrogens is 292 g/mol. The van der Waals surface area contributed by atoms with Crippen molar-refractivity contribution in [1.82, 2.24) is 14.9 Å². The molecule has 1 aliphatic rings. The number of carbonyl (C=O) groups excluding carboxylic acids is 1. The Morgan fingerprint density at radius 2 is 2.22 bits per heavy atom. The molecule has 3 heterocycles. The number of rotatable bonds is 4. The van der Waals surface area contributed by atoms with E-state index in [1.165, 1.54) is 7.11 Å². The summed E-state index contributed by atoms with van der Waals surface area (Å²) in [5.41, 5.74) is 1.60. The summed E-state index contributed by atoms with van der Waals surface area (Å²) < 4.78 is 5.22. The van der Waals surface area contributed by atoms with Crippen molar-refractivity contribution < 1.29 is 9.53 Å². The van der Waals surface area contributed by atoms with Crippen molar-refractivity contribution in [2.75, 3.05) is 26.0 Å². The molecule has 1 fully saturated rings. The monoisotopic (exact) mass is 312 g/mol. The molecule has 1 atom stereocenters. The molecule has 6 nitrogen and oxygen atoms in total. The highest BCUT2D eigenvalue weighted by Gasteiger charge is 2.32. The maximum Gasteiger partial charge on any atom is 0.259 e. The molecule has 0 aromatic carbocycles. The van der Waals surface area contributed by atoms with E-state index >= 15 is 0 Å². The van der Waals surface area contributed by atoms with Crippen LogP contribution in [0.25, 0.3) is 0 Å². The number of carbonyl (C=O) groups is 1. The maximum atomic E-state index is 12.9. The number of anilines is 1. The van der Waals surface area contributed by atoms with E-state index in [0.29, 0.717) is 11.4 Å². The smallest absolute Gasteiger partial charge is 0.259 e. The van der Waals surface area contributed by atoms with Gasteiger partial charge in [0.15, 0.2) is 0 Å². The molecule has 6 heteroatoms. The van der Waals surface area contributed by atoms with E-state index in [1.807, 2.05) is 24.1 Å². The molecule has 0 saturated carbocycles. The molecule has 0 radical (unpaired) electrons. The van der Waals surface area contributed by atoms with Crippen molar-refractivity contribution in [2.24, 2.45) is 0 Å². The predicted octanol–water partition coefficient (Wildman–Crippen LogP) is 2.50. The molecule has 0 aliphatic carbocycles. The van der Waals surface area contributed by atoms with Crippen LogP contribution in [0, 0.1) is 0 Å². The van der Waals surface area contributed by atoms with Gasteiger partial charge in [-0.1, -0.05) is 0 Å². The third-order valence-corrected chi connectivity index (χ3v) is 4.13. The van der Waals surface area contributed by atoms with Crippen molar-refractivity contribution >= 4 is 11.7 Å². The van der Waals surface area contributed by atoms with Crippen molar-refractivity contribution in [3.63, 3.8) is 0 Å². The summed E-state index contributed by atoms with van der Waals surface area (Å²) in [6, 6.07) is 7.54. The Morgan fingerprint density at radius 3 is 3.00 bits per heavy atom. The number of hydrogen-bond donors (Lipinski definition) is 1. The van der Waals surface area contributed by atoms with Crippen LogP contribution < -0.4 is 10.1 Å². The predicted molar refractivity (Wildman–Crippen MR) is 87.6 cm³/mol. The van der Waals surface area contributed by atoms with Gasteiger partial charge in [-0.3, -0.25) is 4.79 Å². The summed E-state index contributed by atoms with van der Waals surface area (Å²) >= 11 is 0. The first kappa shape index (κ1) is 15.3. The third kappa shape index (κ3) is 2.97. The minimum absolute atomic E-state index is 0.0414. The van der Waals surface area contributed by atoms with Gasteiger partial charge >= 0.3 is 0 Å². The summed E-state index contributed by atoms with van der Waals surface area (Å²) in [6.45, 7) is 0.735. The maximum absolute atomic E-state index is 12.9. The van der Waals surface area contributed by atoms with Gasteiger partial charge in [-0.25, -0.2) is 9.97 Å². The molecule has 1 N–H and O–H groups in total. The molecule has 1 aliphatic heterocycles. The highest BCUT2D eigenvalue weighted by Crippen LogP contribution is 2.34. The summed E-state index contributed by atoms with van der Waals surface area (Å²) in [5, 5.41) is 3.04. The summed E-state index contributed by atoms with van der Waals surface area (Å²) in [4.78, 5) is 23.2. The molecule has 0 unspecified atom stereocenters. The van der Waals surface area contributed by atoms with Crippen LogP contribution in [0.3, 0.4) is 0 Å². The molecule has 120 valence electrons. The zero-order valence-corrected chi connectivity index (χ0v) is 13.3. The Kier molecular flexibility index (Phi) is 4.41. The fourth-order valence-electron chi connectivity index (χ4n) is 3.02. The number of methoxy groups -OCH3 is 1. The fraction of sp³-hybridized carbons (Fsp3) is 0.353. The second kappa shape index (κ2) is 6.64. The Balaban J connectivity index is 1.90. The van der Waals surface area contributed by atoms with Crippen LogP contribution in [0.15, 0.2) is 36.7 Å². The van der Waals surface area contributed by atoms with E-state index in [-0.39, 0.29) is 11.9 Å². The number of likely N-dealkylation sites (tertiary alicyclic amines) is 1. The topological polar surface area (TPSA) is 67.4 Å². The molecule has 2 aromatic rings. The molecule has 23 heavy (non-hydrogen) atoms. The number of nitrogens with zero attached hydrogens (tertiary/aromatic N) is 3. The van der Waals surface area contributed by atoms with Crippen LogP contribution >= 0.6 is 0 Å². The van der Waals surface area contributed by atoms with Crippen molar-refractivity contribution in [2.45, 2.75) is 18.9 Å². The lowest BCUT2D eigenvalue weighted by molar-refractivity contribution is 0.0731. The second-order valence-electron chi connectivity index (χ2n) is 5.44. The SMILES string of the molecule is CNc1cc([C@@H]2CCCN2C(=O)c2cccnc2OC)ccn1. The molecule has 3 rings (SSSR count). The number of aromatic nitrogens is 2. The molecule has 0 bridgehead atoms. The first-order chi connectivity index (χ1) is 11.2. The summed E-state index contributed by atoms with van der Waals surface area (Å²) in [7, 11) is 3.37. The molecule has 2 aromatic heterocycles. The third-order valence-electron chi connectivity index (χ3n) is 4.13. The Labute approximate surface area is 135 Å². The van der Waals surface area contributed by atoms with Crippen LogP contribution in [0.4, 0.5) is 5.82 Å². The van der Waals surface area contributed by atoms with Crippen molar-refractivity contribution in [3.05, 3.63) is 47.8 Å². The zero-order valence-electron chi connectivity index (χ0n) is 13.3. The number of pyridine rings is 2. The highest BCUT2D eigenvalue weighted by molar-refractivity contribution is 5.96. The Hall–Kier alpha value is -2.63. The lowest BCUT2D eigenvalue weighted by atomic mass is 10.1. The highest BCUT2D eigenvalue weighted by atomic mass is 16.5. The van der Waals surface area contributed by atoms with Crippen LogP contribution in [-0.2, 0) is 0 Å². The van der Waals surface area contributed by atoms with Gasteiger partial charge in [-0.2, -0.15) is 0 Å². The molecule has 1 saturated heterocycles. The standard InChI is InChI=1S/C17H20N4O2/c1-18-15-11-12(7-9-19-15)14-6-4-10-21(14)17(22)13-5-3-8-20-16(13)23-2/h3,5,7-9,11,14H,4,6,10H2,1-2H3,(H,18,19)/t14-/m0/s1. The summed E-state index contributed by atoms with van der Waals surface area (Å²) in [6.07, 6.45) is 5.32. The normalized spacial score (nSPS) is 17.1. The van der Waals surface area contributed by atoms with Crippen molar-refractivity contribution in [1.29, 1.82) is 0 Å². The van der Waals surface area contributed by atoms with E-state index in [4.69, 9.17) is 4.74 Å². The molecule has 0 spiro atoms. The number of hydrogen-bond acceptors (Lipinski definition) is 5. The Morgan fingerprint density at radius 1 is 1.35 bits per heavy atom. The lowest BCUT2D eigenvalue weighted by Gasteiger charge is -2.25. The van der Waals surface area contributed by atoms with Gasteiger partial charge in [-0.05, 0) is 42.7 Å². The lowest BCUT2D eigenvalue weighted by Crippen LogP contribution is -2.31. The van der Waals surface area contributed by atoms with Gasteiger partial charge in [0, 0.05) is 26.0 Å². The van der Waals surface area contributed by atoms with E-state index in [0.717, 1.165) is 30.8 Å². The van der Waals surface area contributed by atoms with Gasteiger partial charge in [-0.15, -0.1) is 0 Å². The minimum atomic E-state index is -0.0414. The fourth-order valence-corrected chi connectivity index (χ4v) is 3.02. The van der Waals surface area contributed by atoms with Gasteiger partial charge in [0.1, 0.15) is 11.4 Å². The molecule has 1 amide bonds. The Bertz CT molecular complexity index is 704. The quantitative estimate of drug-likeness (QED) is 0.939. The van der Waals surface area contributed by atoms with Crippen molar-refractivity contribution in [3.8, 4) is 5.88 Å². The van der Waals surface area contributed by atoms with Gasteiger partial charge in [0.05, 0.1) is 13.2 Å². The molecular formula is C17H20N4O2. The summed E-state index contributed by atoms with van der Waals surface area (Å²) in [5.74, 6) is 1.13. The largest absolute Gasteiger partial charge is 0.480 e. The first-order valence-electron chi connectivity index (χ1n) is 7.68. The van der Waals surface area contributed by atoms with Crippen LogP contribution in [0.5, 0.6) is 5.88 Å². The van der Waals surface area contributed by atoms with E-state index < -0.39 is 0 Å². The number of ether oxygens (including phenoxy) is 1. The average Bonchev–Trinajstić information content (AvgIpc) is 3.10. The number of amides is 1. The van der Waals surface area contributed by atoms with Gasteiger partial charge in [0.2, 0.25) is 5.88 Å².